The SMILES string of the molecule is FC(F)(F)c1ncccc1-c1ccc2[nH]c(C=CC3CCCCC3)nc2c1. The summed E-state index contributed by atoms with van der Waals surface area (Å²) in [6.45, 7) is 0. The predicted molar refractivity (Wildman–Crippen MR) is 99.9 cm³/mol. The van der Waals surface area contributed by atoms with Gasteiger partial charge in [0.1, 0.15) is 5.82 Å². The molecule has 6 heteroatoms. The molecule has 140 valence electrons. The molecule has 4 rings (SSSR count). The third-order valence-electron chi connectivity index (χ3n) is 5.06. The molecule has 1 saturated carbocycles. The van der Waals surface area contributed by atoms with Crippen LogP contribution >= 0.6 is 0 Å². The first-order chi connectivity index (χ1) is 13.0. The van der Waals surface area contributed by atoms with Crippen LogP contribution in [0.2, 0.25) is 0 Å². The van der Waals surface area contributed by atoms with Crippen molar-refractivity contribution in [3.05, 3.63) is 54.1 Å². The van der Waals surface area contributed by atoms with E-state index < -0.39 is 11.9 Å². The highest BCUT2D eigenvalue weighted by Crippen LogP contribution is 2.36. The van der Waals surface area contributed by atoms with Crippen LogP contribution in [-0.4, -0.2) is 15.0 Å². The van der Waals surface area contributed by atoms with E-state index in [1.807, 2.05) is 6.08 Å². The molecule has 0 spiro atoms. The highest BCUT2D eigenvalue weighted by molar-refractivity contribution is 5.83. The van der Waals surface area contributed by atoms with E-state index in [1.54, 1.807) is 18.2 Å². The summed E-state index contributed by atoms with van der Waals surface area (Å²) in [5, 5.41) is 0. The van der Waals surface area contributed by atoms with Gasteiger partial charge in [0.2, 0.25) is 0 Å². The van der Waals surface area contributed by atoms with Gasteiger partial charge in [-0.1, -0.05) is 37.5 Å². The summed E-state index contributed by atoms with van der Waals surface area (Å²) >= 11 is 0. The van der Waals surface area contributed by atoms with Crippen LogP contribution < -0.4 is 0 Å². The van der Waals surface area contributed by atoms with E-state index in [1.165, 1.54) is 44.2 Å². The zero-order valence-electron chi connectivity index (χ0n) is 14.8. The minimum Gasteiger partial charge on any atom is -0.338 e. The molecule has 3 nitrogen and oxygen atoms in total. The normalized spacial score (nSPS) is 16.4. The number of alkyl halides is 3. The number of allylic oxidation sites excluding steroid dienone is 1. The predicted octanol–water partition coefficient (Wildman–Crippen LogP) is 6.24. The van der Waals surface area contributed by atoms with Crippen LogP contribution in [0.3, 0.4) is 0 Å². The monoisotopic (exact) mass is 371 g/mol. The van der Waals surface area contributed by atoms with Crippen LogP contribution in [0, 0.1) is 5.92 Å². The van der Waals surface area contributed by atoms with Crippen LogP contribution in [0.4, 0.5) is 13.2 Å². The quantitative estimate of drug-likeness (QED) is 0.592. The lowest BCUT2D eigenvalue weighted by Crippen LogP contribution is -2.09. The Morgan fingerprint density at radius 3 is 2.67 bits per heavy atom. The molecule has 27 heavy (non-hydrogen) atoms. The molecule has 1 N–H and O–H groups in total. The minimum atomic E-state index is -4.50. The van der Waals surface area contributed by atoms with E-state index >= 15 is 0 Å². The van der Waals surface area contributed by atoms with Gasteiger partial charge in [0.05, 0.1) is 11.0 Å². The van der Waals surface area contributed by atoms with Crippen LogP contribution in [0.5, 0.6) is 0 Å². The van der Waals surface area contributed by atoms with Crippen molar-refractivity contribution in [1.82, 2.24) is 15.0 Å². The summed E-state index contributed by atoms with van der Waals surface area (Å²) in [5.41, 5.74) is 1.09. The van der Waals surface area contributed by atoms with E-state index in [9.17, 15) is 13.2 Å². The number of hydrogen-bond acceptors (Lipinski definition) is 2. The summed E-state index contributed by atoms with van der Waals surface area (Å²) in [4.78, 5) is 11.3. The Kier molecular flexibility index (Phi) is 4.72. The third kappa shape index (κ3) is 3.89. The van der Waals surface area contributed by atoms with Crippen LogP contribution in [0.15, 0.2) is 42.6 Å². The zero-order chi connectivity index (χ0) is 18.9. The fraction of sp³-hybridized carbons (Fsp3) is 0.333. The van der Waals surface area contributed by atoms with Crippen molar-refractivity contribution >= 4 is 17.1 Å². The first kappa shape index (κ1) is 17.8. The molecule has 1 aliphatic carbocycles. The number of benzene rings is 1. The molecule has 1 aliphatic rings. The van der Waals surface area contributed by atoms with Gasteiger partial charge in [-0.05, 0) is 48.6 Å². The van der Waals surface area contributed by atoms with Gasteiger partial charge in [-0.15, -0.1) is 0 Å². The molecule has 2 heterocycles. The number of halogens is 3. The molecule has 1 aromatic carbocycles. The fourth-order valence-electron chi connectivity index (χ4n) is 3.69. The van der Waals surface area contributed by atoms with E-state index in [0.29, 0.717) is 17.0 Å². The molecule has 0 unspecified atom stereocenters. The first-order valence-electron chi connectivity index (χ1n) is 9.21. The third-order valence-corrected chi connectivity index (χ3v) is 5.06. The Labute approximate surface area is 155 Å². The van der Waals surface area contributed by atoms with Crippen molar-refractivity contribution < 1.29 is 13.2 Å². The lowest BCUT2D eigenvalue weighted by molar-refractivity contribution is -0.140. The number of H-pyrrole nitrogens is 1. The smallest absolute Gasteiger partial charge is 0.338 e. The Bertz CT molecular complexity index is 966. The zero-order valence-corrected chi connectivity index (χ0v) is 14.8. The van der Waals surface area contributed by atoms with Crippen LogP contribution in [-0.2, 0) is 6.18 Å². The molecular formula is C21H20F3N3. The lowest BCUT2D eigenvalue weighted by Gasteiger charge is -2.17. The maximum Gasteiger partial charge on any atom is 0.433 e. The number of rotatable bonds is 3. The minimum absolute atomic E-state index is 0.0641. The topological polar surface area (TPSA) is 41.6 Å². The summed E-state index contributed by atoms with van der Waals surface area (Å²) in [6, 6.07) is 8.06. The summed E-state index contributed by atoms with van der Waals surface area (Å²) in [6.07, 6.45) is 7.12. The van der Waals surface area contributed by atoms with Gasteiger partial charge >= 0.3 is 6.18 Å². The van der Waals surface area contributed by atoms with Gasteiger partial charge in [0.25, 0.3) is 0 Å². The molecule has 0 aliphatic heterocycles. The van der Waals surface area contributed by atoms with E-state index in [4.69, 9.17) is 0 Å². The number of imidazole rings is 1. The summed E-state index contributed by atoms with van der Waals surface area (Å²) in [7, 11) is 0. The molecule has 2 aromatic heterocycles. The molecule has 0 bridgehead atoms. The number of nitrogens with zero attached hydrogens (tertiary/aromatic N) is 2. The number of aromatic nitrogens is 3. The first-order valence-corrected chi connectivity index (χ1v) is 9.21. The Morgan fingerprint density at radius 1 is 1.07 bits per heavy atom. The Hall–Kier alpha value is -2.63. The maximum atomic E-state index is 13.2. The lowest BCUT2D eigenvalue weighted by atomic mass is 9.89. The number of hydrogen-bond donors (Lipinski definition) is 1. The van der Waals surface area contributed by atoms with E-state index in [0.717, 1.165) is 17.5 Å². The summed E-state index contributed by atoms with van der Waals surface area (Å²) in [5.74, 6) is 1.32. The van der Waals surface area contributed by atoms with Crippen molar-refractivity contribution in [1.29, 1.82) is 0 Å². The molecule has 0 atom stereocenters. The Morgan fingerprint density at radius 2 is 1.89 bits per heavy atom. The van der Waals surface area contributed by atoms with Gasteiger partial charge < -0.3 is 4.98 Å². The molecule has 0 saturated heterocycles. The van der Waals surface area contributed by atoms with Crippen molar-refractivity contribution in [2.45, 2.75) is 38.3 Å². The van der Waals surface area contributed by atoms with Crippen molar-refractivity contribution in [2.24, 2.45) is 5.92 Å². The molecule has 3 aromatic rings. The molecule has 0 radical (unpaired) electrons. The number of pyridine rings is 1. The van der Waals surface area contributed by atoms with Crippen molar-refractivity contribution in [3.63, 3.8) is 0 Å². The van der Waals surface area contributed by atoms with Gasteiger partial charge in [-0.2, -0.15) is 13.2 Å². The second kappa shape index (κ2) is 7.18. The molecule has 1 fully saturated rings. The second-order valence-electron chi connectivity index (χ2n) is 7.01. The average molecular weight is 371 g/mol. The highest BCUT2D eigenvalue weighted by Gasteiger charge is 2.35. The second-order valence-corrected chi connectivity index (χ2v) is 7.01. The number of nitrogens with one attached hydrogen (secondary N) is 1. The van der Waals surface area contributed by atoms with Crippen molar-refractivity contribution in [2.75, 3.05) is 0 Å². The maximum absolute atomic E-state index is 13.2. The van der Waals surface area contributed by atoms with Crippen LogP contribution in [0.25, 0.3) is 28.2 Å². The largest absolute Gasteiger partial charge is 0.433 e. The number of aromatic amines is 1. The van der Waals surface area contributed by atoms with E-state index in [-0.39, 0.29) is 5.56 Å². The fourth-order valence-corrected chi connectivity index (χ4v) is 3.69. The van der Waals surface area contributed by atoms with Gasteiger partial charge in [0.15, 0.2) is 5.69 Å². The van der Waals surface area contributed by atoms with E-state index in [2.05, 4.69) is 21.0 Å². The average Bonchev–Trinajstić information content (AvgIpc) is 3.08. The highest BCUT2D eigenvalue weighted by atomic mass is 19.4. The number of fused-ring (bicyclic) bond motifs is 1. The Balaban J connectivity index is 1.65. The molecular weight excluding hydrogens is 351 g/mol. The standard InChI is InChI=1S/C21H20F3N3/c22-21(23,24)20-16(7-4-12-25-20)15-9-10-17-18(13-15)27-19(26-17)11-8-14-5-2-1-3-6-14/h4,7-14H,1-3,5-6H2,(H,26,27). The van der Waals surface area contributed by atoms with Crippen molar-refractivity contribution in [3.8, 4) is 11.1 Å². The molecule has 0 amide bonds. The van der Waals surface area contributed by atoms with Crippen LogP contribution in [0.1, 0.15) is 43.6 Å². The van der Waals surface area contributed by atoms with Gasteiger partial charge in [-0.3, -0.25) is 4.98 Å². The van der Waals surface area contributed by atoms with Gasteiger partial charge in [0, 0.05) is 11.8 Å². The summed E-state index contributed by atoms with van der Waals surface area (Å²) < 4.78 is 39.7. The van der Waals surface area contributed by atoms with Gasteiger partial charge in [-0.25, -0.2) is 4.98 Å².